The van der Waals surface area contributed by atoms with Gasteiger partial charge in [0.1, 0.15) is 0 Å². The Hall–Kier alpha value is 0.611. The van der Waals surface area contributed by atoms with E-state index in [9.17, 15) is 0 Å². The van der Waals surface area contributed by atoms with Crippen LogP contribution in [0.15, 0.2) is 0 Å². The number of hydrogen-bond donors (Lipinski definition) is 0. The fraction of sp³-hybridized carbons (Fsp3) is 1.00. The van der Waals surface area contributed by atoms with Crippen LogP contribution in [0, 0.1) is 0 Å². The van der Waals surface area contributed by atoms with Crippen LogP contribution in [0.25, 0.3) is 0 Å². The van der Waals surface area contributed by atoms with Crippen molar-refractivity contribution in [3.63, 3.8) is 0 Å². The van der Waals surface area contributed by atoms with Gasteiger partial charge in [-0.2, -0.15) is 0 Å². The SMILES string of the molecule is CC[Si](CC)(CC)CCC[Si]O[Si]. The minimum absolute atomic E-state index is 0.641. The van der Waals surface area contributed by atoms with Crippen LogP contribution in [0.5, 0.6) is 0 Å². The summed E-state index contributed by atoms with van der Waals surface area (Å²) in [5.74, 6) is 0. The van der Waals surface area contributed by atoms with E-state index in [-0.39, 0.29) is 0 Å². The molecule has 0 N–H and O–H groups in total. The van der Waals surface area contributed by atoms with Crippen molar-refractivity contribution in [2.75, 3.05) is 0 Å². The van der Waals surface area contributed by atoms with E-state index in [1.165, 1.54) is 36.6 Å². The maximum Gasteiger partial charge on any atom is 0.229 e. The van der Waals surface area contributed by atoms with Gasteiger partial charge < -0.3 is 4.12 Å². The molecule has 0 aliphatic carbocycles. The Morgan fingerprint density at radius 3 is 2.08 bits per heavy atom. The first-order chi connectivity index (χ1) is 6.24. The van der Waals surface area contributed by atoms with Crippen LogP contribution >= 0.6 is 0 Å². The minimum Gasteiger partial charge on any atom is -0.458 e. The lowest BCUT2D eigenvalue weighted by atomic mass is 10.6. The van der Waals surface area contributed by atoms with E-state index >= 15 is 0 Å². The molecule has 13 heavy (non-hydrogen) atoms. The molecule has 0 spiro atoms. The van der Waals surface area contributed by atoms with E-state index in [1.807, 2.05) is 0 Å². The largest absolute Gasteiger partial charge is 0.458 e. The monoisotopic (exact) mass is 229 g/mol. The summed E-state index contributed by atoms with van der Waals surface area (Å²) in [6.07, 6.45) is 1.37. The van der Waals surface area contributed by atoms with Crippen molar-refractivity contribution in [3.8, 4) is 0 Å². The lowest BCUT2D eigenvalue weighted by Crippen LogP contribution is -2.30. The first-order valence-electron chi connectivity index (χ1n) is 5.30. The highest BCUT2D eigenvalue weighted by atomic mass is 28.3. The van der Waals surface area contributed by atoms with Gasteiger partial charge >= 0.3 is 0 Å². The van der Waals surface area contributed by atoms with Gasteiger partial charge in [0.05, 0.1) is 8.07 Å². The maximum absolute atomic E-state index is 4.91. The molecule has 0 aliphatic rings. The van der Waals surface area contributed by atoms with Crippen LogP contribution in [0.3, 0.4) is 0 Å². The van der Waals surface area contributed by atoms with Crippen molar-refractivity contribution < 1.29 is 4.12 Å². The second kappa shape index (κ2) is 7.96. The summed E-state index contributed by atoms with van der Waals surface area (Å²) in [5.41, 5.74) is 0. The molecule has 4 heteroatoms. The van der Waals surface area contributed by atoms with E-state index in [0.717, 1.165) is 0 Å². The van der Waals surface area contributed by atoms with Crippen molar-refractivity contribution in [1.29, 1.82) is 0 Å². The smallest absolute Gasteiger partial charge is 0.229 e. The molecule has 0 fully saturated rings. The fourth-order valence-electron chi connectivity index (χ4n) is 1.87. The van der Waals surface area contributed by atoms with Gasteiger partial charge in [-0.3, -0.25) is 0 Å². The molecule has 0 bridgehead atoms. The maximum atomic E-state index is 4.91. The first kappa shape index (κ1) is 13.6. The van der Waals surface area contributed by atoms with Crippen LogP contribution in [-0.4, -0.2) is 28.3 Å². The van der Waals surface area contributed by atoms with Crippen molar-refractivity contribution in [2.45, 2.75) is 57.4 Å². The molecule has 0 aromatic carbocycles. The van der Waals surface area contributed by atoms with Crippen LogP contribution in [0.4, 0.5) is 0 Å². The second-order valence-corrected chi connectivity index (χ2v) is 10.9. The Morgan fingerprint density at radius 1 is 1.15 bits per heavy atom. The molecule has 0 saturated carbocycles. The fourth-order valence-corrected chi connectivity index (χ4v) is 6.44. The summed E-state index contributed by atoms with van der Waals surface area (Å²) < 4.78 is 4.91. The van der Waals surface area contributed by atoms with Gasteiger partial charge in [-0.25, -0.2) is 0 Å². The first-order valence-corrected chi connectivity index (χ1v) is 9.65. The highest BCUT2D eigenvalue weighted by Crippen LogP contribution is 2.27. The van der Waals surface area contributed by atoms with Crippen LogP contribution in [0.1, 0.15) is 27.2 Å². The third-order valence-electron chi connectivity index (χ3n) is 3.31. The third kappa shape index (κ3) is 5.15. The highest BCUT2D eigenvalue weighted by Gasteiger charge is 2.25. The molecule has 0 aliphatic heterocycles. The summed E-state index contributed by atoms with van der Waals surface area (Å²) in [6, 6.07) is 7.10. The van der Waals surface area contributed by atoms with Crippen molar-refractivity contribution in [2.24, 2.45) is 0 Å². The quantitative estimate of drug-likeness (QED) is 0.459. The minimum atomic E-state index is -0.834. The topological polar surface area (TPSA) is 9.23 Å². The number of rotatable bonds is 8. The normalized spacial score (nSPS) is 12.0. The van der Waals surface area contributed by atoms with Gasteiger partial charge in [0.2, 0.25) is 20.2 Å². The Labute approximate surface area is 90.1 Å². The van der Waals surface area contributed by atoms with Gasteiger partial charge in [-0.1, -0.05) is 51.4 Å². The second-order valence-electron chi connectivity index (χ2n) is 3.66. The van der Waals surface area contributed by atoms with Gasteiger partial charge in [-0.05, 0) is 6.04 Å². The summed E-state index contributed by atoms with van der Waals surface area (Å²) in [4.78, 5) is 0. The molecule has 75 valence electrons. The van der Waals surface area contributed by atoms with Gasteiger partial charge in [0.25, 0.3) is 0 Å². The van der Waals surface area contributed by atoms with Gasteiger partial charge in [0.15, 0.2) is 0 Å². The molecule has 0 atom stereocenters. The van der Waals surface area contributed by atoms with Crippen molar-refractivity contribution in [3.05, 3.63) is 0 Å². The van der Waals surface area contributed by atoms with Crippen LogP contribution in [0.2, 0.25) is 30.2 Å². The summed E-state index contributed by atoms with van der Waals surface area (Å²) in [6.45, 7) is 7.13. The third-order valence-corrected chi connectivity index (χ3v) is 10.4. The van der Waals surface area contributed by atoms with Crippen molar-refractivity contribution >= 4 is 28.3 Å². The van der Waals surface area contributed by atoms with E-state index in [0.29, 0.717) is 9.76 Å². The van der Waals surface area contributed by atoms with Gasteiger partial charge in [-0.15, -0.1) is 0 Å². The zero-order valence-corrected chi connectivity index (χ0v) is 12.2. The standard InChI is InChI=1S/C9H21OSi3/c1-4-13(5-2,6-3)9-7-8-12-10-11/h4-9H2,1-3H3. The lowest BCUT2D eigenvalue weighted by molar-refractivity contribution is 0.656. The summed E-state index contributed by atoms with van der Waals surface area (Å²) in [7, 11) is 2.86. The Kier molecular flexibility index (Phi) is 8.34. The molecule has 0 heterocycles. The molecular weight excluding hydrogens is 208 g/mol. The molecule has 0 unspecified atom stereocenters. The molecule has 1 nitrogen and oxygen atoms in total. The van der Waals surface area contributed by atoms with Crippen LogP contribution in [-0.2, 0) is 4.12 Å². The average Bonchev–Trinajstić information content (AvgIpc) is 2.20. The number of hydrogen-bond acceptors (Lipinski definition) is 1. The van der Waals surface area contributed by atoms with E-state index in [1.54, 1.807) is 0 Å². The Balaban J connectivity index is 3.68. The molecular formula is C9H21OSi3. The Bertz CT molecular complexity index is 107. The predicted molar refractivity (Wildman–Crippen MR) is 64.0 cm³/mol. The van der Waals surface area contributed by atoms with Crippen molar-refractivity contribution in [1.82, 2.24) is 0 Å². The highest BCUT2D eigenvalue weighted by molar-refractivity contribution is 6.79. The van der Waals surface area contributed by atoms with E-state index in [4.69, 9.17) is 4.12 Å². The van der Waals surface area contributed by atoms with Crippen LogP contribution < -0.4 is 0 Å². The Morgan fingerprint density at radius 2 is 1.69 bits per heavy atom. The zero-order chi connectivity index (χ0) is 10.2. The van der Waals surface area contributed by atoms with Gasteiger partial charge in [0, 0.05) is 0 Å². The molecule has 0 aromatic rings. The lowest BCUT2D eigenvalue weighted by Gasteiger charge is -2.27. The molecule has 0 saturated heterocycles. The molecule has 0 rings (SSSR count). The summed E-state index contributed by atoms with van der Waals surface area (Å²) >= 11 is 0. The molecule has 0 aromatic heterocycles. The zero-order valence-electron chi connectivity index (χ0n) is 9.15. The molecule has 0 amide bonds. The molecule has 5 radical (unpaired) electrons. The average molecular weight is 230 g/mol. The predicted octanol–water partition coefficient (Wildman–Crippen LogP) is 3.02. The van der Waals surface area contributed by atoms with E-state index in [2.05, 4.69) is 31.3 Å². The summed E-state index contributed by atoms with van der Waals surface area (Å²) in [5, 5.41) is 0. The van der Waals surface area contributed by atoms with E-state index < -0.39 is 8.07 Å².